The van der Waals surface area contributed by atoms with Crippen molar-refractivity contribution in [3.63, 3.8) is 0 Å². The SMILES string of the molecule is C=C(C)CN1C(=NC)NC2C1C(=O)NC(=O)N2C. The summed E-state index contributed by atoms with van der Waals surface area (Å²) in [5.74, 6) is 0.292. The molecule has 2 rings (SSSR count). The Hall–Kier alpha value is -2.05. The van der Waals surface area contributed by atoms with Gasteiger partial charge in [-0.15, -0.1) is 0 Å². The number of carbonyl (C=O) groups is 2. The van der Waals surface area contributed by atoms with Crippen LogP contribution in [0.25, 0.3) is 0 Å². The lowest BCUT2D eigenvalue weighted by Gasteiger charge is -2.35. The zero-order valence-corrected chi connectivity index (χ0v) is 10.7. The fourth-order valence-corrected chi connectivity index (χ4v) is 2.24. The molecular formula is C11H17N5O2. The van der Waals surface area contributed by atoms with E-state index in [1.54, 1.807) is 14.1 Å². The monoisotopic (exact) mass is 251 g/mol. The molecule has 0 saturated carbocycles. The normalized spacial score (nSPS) is 29.2. The molecule has 0 spiro atoms. The largest absolute Gasteiger partial charge is 0.334 e. The van der Waals surface area contributed by atoms with Crippen molar-refractivity contribution in [1.29, 1.82) is 0 Å². The molecule has 2 aliphatic rings. The van der Waals surface area contributed by atoms with E-state index in [9.17, 15) is 9.59 Å². The summed E-state index contributed by atoms with van der Waals surface area (Å²) in [6.07, 6.45) is -0.385. The molecule has 0 aromatic carbocycles. The average Bonchev–Trinajstić information content (AvgIpc) is 2.64. The molecule has 2 saturated heterocycles. The fourth-order valence-electron chi connectivity index (χ4n) is 2.24. The van der Waals surface area contributed by atoms with Crippen molar-refractivity contribution in [1.82, 2.24) is 20.4 Å². The second kappa shape index (κ2) is 4.32. The summed E-state index contributed by atoms with van der Waals surface area (Å²) in [6, 6.07) is -0.871. The van der Waals surface area contributed by atoms with E-state index in [1.807, 2.05) is 11.8 Å². The van der Waals surface area contributed by atoms with E-state index in [-0.39, 0.29) is 12.1 Å². The summed E-state index contributed by atoms with van der Waals surface area (Å²) in [4.78, 5) is 30.9. The number of amides is 3. The predicted octanol–water partition coefficient (Wildman–Crippen LogP) is -0.670. The van der Waals surface area contributed by atoms with Gasteiger partial charge in [0.05, 0.1) is 0 Å². The Kier molecular flexibility index (Phi) is 2.98. The molecule has 2 N–H and O–H groups in total. The maximum atomic E-state index is 12.0. The van der Waals surface area contributed by atoms with Gasteiger partial charge in [-0.05, 0) is 6.92 Å². The standard InChI is InChI=1S/C11H17N5O2/c1-6(2)5-16-7-8(13-10(16)12-3)15(4)11(18)14-9(7)17/h7-8H,1,5H2,2-4H3,(H,12,13)(H,14,17,18). The Bertz CT molecular complexity index is 445. The Balaban J connectivity index is 2.33. The molecule has 0 aliphatic carbocycles. The minimum absolute atomic E-state index is 0.310. The van der Waals surface area contributed by atoms with Gasteiger partial charge in [-0.3, -0.25) is 15.1 Å². The number of aliphatic imine (C=N–C) groups is 1. The van der Waals surface area contributed by atoms with Crippen molar-refractivity contribution >= 4 is 17.9 Å². The van der Waals surface area contributed by atoms with Gasteiger partial charge in [-0.1, -0.05) is 12.2 Å². The quantitative estimate of drug-likeness (QED) is 0.638. The summed E-state index contributed by atoms with van der Waals surface area (Å²) in [7, 11) is 3.29. The lowest BCUT2D eigenvalue weighted by Crippen LogP contribution is -2.64. The average molecular weight is 251 g/mol. The molecule has 2 fully saturated rings. The number of nitrogens with zero attached hydrogens (tertiary/aromatic N) is 3. The third-order valence-electron chi connectivity index (χ3n) is 3.07. The van der Waals surface area contributed by atoms with Crippen LogP contribution in [0.5, 0.6) is 0 Å². The molecule has 2 unspecified atom stereocenters. The van der Waals surface area contributed by atoms with Crippen LogP contribution in [0.1, 0.15) is 6.92 Å². The van der Waals surface area contributed by atoms with Crippen LogP contribution in [0.15, 0.2) is 17.1 Å². The van der Waals surface area contributed by atoms with Crippen LogP contribution in [-0.2, 0) is 4.79 Å². The number of fused-ring (bicyclic) bond motifs is 1. The second-order valence-corrected chi connectivity index (χ2v) is 4.57. The number of guanidine groups is 1. The number of rotatable bonds is 2. The maximum Gasteiger partial charge on any atom is 0.325 e. The highest BCUT2D eigenvalue weighted by molar-refractivity contribution is 6.04. The number of hydrogen-bond acceptors (Lipinski definition) is 3. The summed E-state index contributed by atoms with van der Waals surface area (Å²) < 4.78 is 0. The van der Waals surface area contributed by atoms with Gasteiger partial charge in [-0.25, -0.2) is 4.79 Å². The minimum Gasteiger partial charge on any atom is -0.334 e. The minimum atomic E-state index is -0.469. The number of hydrogen-bond donors (Lipinski definition) is 2. The van der Waals surface area contributed by atoms with E-state index in [4.69, 9.17) is 0 Å². The summed E-state index contributed by atoms with van der Waals surface area (Å²) in [6.45, 7) is 6.26. The van der Waals surface area contributed by atoms with E-state index in [0.29, 0.717) is 12.5 Å². The number of urea groups is 1. The Labute approximate surface area is 106 Å². The van der Waals surface area contributed by atoms with Crippen LogP contribution in [0.4, 0.5) is 4.79 Å². The third-order valence-corrected chi connectivity index (χ3v) is 3.07. The Morgan fingerprint density at radius 1 is 1.50 bits per heavy atom. The van der Waals surface area contributed by atoms with Gasteiger partial charge >= 0.3 is 6.03 Å². The number of likely N-dealkylation sites (N-methyl/N-ethyl adjacent to an activating group) is 1. The zero-order valence-electron chi connectivity index (χ0n) is 10.7. The van der Waals surface area contributed by atoms with Gasteiger partial charge in [0.1, 0.15) is 6.17 Å². The smallest absolute Gasteiger partial charge is 0.325 e. The highest BCUT2D eigenvalue weighted by Crippen LogP contribution is 2.20. The molecule has 7 nitrogen and oxygen atoms in total. The van der Waals surface area contributed by atoms with Crippen LogP contribution < -0.4 is 10.6 Å². The van der Waals surface area contributed by atoms with E-state index in [1.165, 1.54) is 4.90 Å². The van der Waals surface area contributed by atoms with Crippen LogP contribution in [-0.4, -0.2) is 60.5 Å². The summed E-state index contributed by atoms with van der Waals surface area (Å²) in [5.41, 5.74) is 0.922. The first-order valence-electron chi connectivity index (χ1n) is 5.67. The number of imide groups is 1. The molecule has 0 radical (unpaired) electrons. The van der Waals surface area contributed by atoms with E-state index in [2.05, 4.69) is 22.2 Å². The second-order valence-electron chi connectivity index (χ2n) is 4.57. The van der Waals surface area contributed by atoms with Gasteiger partial charge in [0.15, 0.2) is 12.0 Å². The lowest BCUT2D eigenvalue weighted by atomic mass is 10.1. The Morgan fingerprint density at radius 3 is 2.72 bits per heavy atom. The molecule has 2 aliphatic heterocycles. The molecule has 0 bridgehead atoms. The van der Waals surface area contributed by atoms with Gasteiger partial charge in [-0.2, -0.15) is 0 Å². The van der Waals surface area contributed by atoms with Crippen molar-refractivity contribution in [2.45, 2.75) is 19.1 Å². The molecule has 98 valence electrons. The fraction of sp³-hybridized carbons (Fsp3) is 0.545. The molecule has 0 aromatic rings. The van der Waals surface area contributed by atoms with Crippen LogP contribution in [0, 0.1) is 0 Å². The van der Waals surface area contributed by atoms with Crippen molar-refractivity contribution in [2.75, 3.05) is 20.6 Å². The Morgan fingerprint density at radius 2 is 2.17 bits per heavy atom. The first kappa shape index (κ1) is 12.4. The van der Waals surface area contributed by atoms with Gasteiger partial charge in [0.25, 0.3) is 5.91 Å². The number of carbonyl (C=O) groups excluding carboxylic acids is 2. The highest BCUT2D eigenvalue weighted by atomic mass is 16.2. The molecule has 7 heteroatoms. The van der Waals surface area contributed by atoms with Crippen molar-refractivity contribution in [3.05, 3.63) is 12.2 Å². The van der Waals surface area contributed by atoms with Crippen molar-refractivity contribution in [2.24, 2.45) is 4.99 Å². The molecular weight excluding hydrogens is 234 g/mol. The summed E-state index contributed by atoms with van der Waals surface area (Å²) >= 11 is 0. The lowest BCUT2D eigenvalue weighted by molar-refractivity contribution is -0.126. The van der Waals surface area contributed by atoms with Crippen LogP contribution in [0.3, 0.4) is 0 Å². The van der Waals surface area contributed by atoms with Crippen molar-refractivity contribution < 1.29 is 9.59 Å². The topological polar surface area (TPSA) is 77.0 Å². The van der Waals surface area contributed by atoms with Crippen LogP contribution in [0.2, 0.25) is 0 Å². The first-order valence-corrected chi connectivity index (χ1v) is 5.67. The van der Waals surface area contributed by atoms with Gasteiger partial charge in [0.2, 0.25) is 0 Å². The van der Waals surface area contributed by atoms with E-state index in [0.717, 1.165) is 5.57 Å². The third kappa shape index (κ3) is 1.81. The van der Waals surface area contributed by atoms with E-state index < -0.39 is 12.1 Å². The molecule has 3 amide bonds. The highest BCUT2D eigenvalue weighted by Gasteiger charge is 2.49. The predicted molar refractivity (Wildman–Crippen MR) is 66.9 cm³/mol. The zero-order chi connectivity index (χ0) is 13.4. The molecule has 2 atom stereocenters. The first-order chi connectivity index (χ1) is 8.45. The summed E-state index contributed by atoms with van der Waals surface area (Å²) in [5, 5.41) is 5.42. The molecule has 2 heterocycles. The van der Waals surface area contributed by atoms with Gasteiger partial charge < -0.3 is 15.1 Å². The van der Waals surface area contributed by atoms with Crippen LogP contribution >= 0.6 is 0 Å². The molecule has 0 aromatic heterocycles. The number of nitrogens with one attached hydrogen (secondary N) is 2. The van der Waals surface area contributed by atoms with Crippen molar-refractivity contribution in [3.8, 4) is 0 Å². The maximum absolute atomic E-state index is 12.0. The van der Waals surface area contributed by atoms with Gasteiger partial charge in [0, 0.05) is 20.6 Å². The van der Waals surface area contributed by atoms with E-state index >= 15 is 0 Å². The molecule has 18 heavy (non-hydrogen) atoms.